The molecule has 16 heavy (non-hydrogen) atoms. The maximum atomic E-state index is 6.08. The fraction of sp³-hybridized carbons (Fsp3) is 0.455. The average Bonchev–Trinajstić information content (AvgIpc) is 2.29. The predicted molar refractivity (Wildman–Crippen MR) is 63.9 cm³/mol. The summed E-state index contributed by atoms with van der Waals surface area (Å²) in [6.07, 6.45) is 0.614. The van der Waals surface area contributed by atoms with Crippen LogP contribution in [0.25, 0.3) is 0 Å². The summed E-state index contributed by atoms with van der Waals surface area (Å²) in [5, 5.41) is 0.489. The van der Waals surface area contributed by atoms with E-state index in [9.17, 15) is 0 Å². The molecule has 1 aromatic carbocycles. The molecule has 90 valence electrons. The lowest BCUT2D eigenvalue weighted by atomic mass is 10.1. The Labute approximate surface area is 100 Å². The molecule has 0 saturated heterocycles. The maximum Gasteiger partial charge on any atom is 0.167 e. The lowest BCUT2D eigenvalue weighted by Gasteiger charge is -2.17. The van der Waals surface area contributed by atoms with Crippen LogP contribution in [0, 0.1) is 0 Å². The maximum absolute atomic E-state index is 6.08. The van der Waals surface area contributed by atoms with Crippen molar-refractivity contribution >= 4 is 11.6 Å². The minimum atomic E-state index is 0.482. The van der Waals surface area contributed by atoms with Crippen LogP contribution in [0.15, 0.2) is 6.07 Å². The predicted octanol–water partition coefficient (Wildman–Crippen LogP) is 1.87. The van der Waals surface area contributed by atoms with Gasteiger partial charge in [-0.1, -0.05) is 11.6 Å². The number of ether oxygens (including phenoxy) is 3. The molecule has 2 N–H and O–H groups in total. The largest absolute Gasteiger partial charge is 0.495 e. The van der Waals surface area contributed by atoms with Crippen LogP contribution in [0.1, 0.15) is 5.56 Å². The molecule has 0 saturated carbocycles. The number of hydrogen-bond acceptors (Lipinski definition) is 4. The molecule has 0 aliphatic heterocycles. The Morgan fingerprint density at radius 3 is 2.19 bits per heavy atom. The Bertz CT molecular complexity index is 369. The lowest BCUT2D eigenvalue weighted by Crippen LogP contribution is -2.07. The smallest absolute Gasteiger partial charge is 0.167 e. The topological polar surface area (TPSA) is 53.7 Å². The first kappa shape index (κ1) is 12.9. The molecule has 0 fully saturated rings. The number of methoxy groups -OCH3 is 3. The minimum absolute atomic E-state index is 0.482. The van der Waals surface area contributed by atoms with Crippen molar-refractivity contribution in [1.82, 2.24) is 0 Å². The van der Waals surface area contributed by atoms with Gasteiger partial charge in [0, 0.05) is 11.6 Å². The summed E-state index contributed by atoms with van der Waals surface area (Å²) in [7, 11) is 4.70. The van der Waals surface area contributed by atoms with Crippen molar-refractivity contribution in [3.05, 3.63) is 16.7 Å². The van der Waals surface area contributed by atoms with Crippen molar-refractivity contribution in [2.75, 3.05) is 27.9 Å². The molecule has 0 aliphatic carbocycles. The molecular weight excluding hydrogens is 230 g/mol. The van der Waals surface area contributed by atoms with E-state index < -0.39 is 0 Å². The third-order valence-electron chi connectivity index (χ3n) is 2.27. The summed E-state index contributed by atoms with van der Waals surface area (Å²) in [5.41, 5.74) is 6.38. The molecule has 0 aliphatic rings. The van der Waals surface area contributed by atoms with Crippen LogP contribution in [-0.4, -0.2) is 27.9 Å². The third-order valence-corrected chi connectivity index (χ3v) is 2.55. The fourth-order valence-electron chi connectivity index (χ4n) is 1.61. The van der Waals surface area contributed by atoms with E-state index in [1.54, 1.807) is 27.4 Å². The number of benzene rings is 1. The van der Waals surface area contributed by atoms with Crippen molar-refractivity contribution in [2.45, 2.75) is 6.42 Å². The van der Waals surface area contributed by atoms with Crippen LogP contribution < -0.4 is 19.9 Å². The molecule has 0 amide bonds. The molecule has 0 spiro atoms. The monoisotopic (exact) mass is 245 g/mol. The highest BCUT2D eigenvalue weighted by molar-refractivity contribution is 6.32. The van der Waals surface area contributed by atoms with E-state index in [1.807, 2.05) is 0 Å². The Morgan fingerprint density at radius 2 is 1.75 bits per heavy atom. The summed E-state index contributed by atoms with van der Waals surface area (Å²) in [5.74, 6) is 1.79. The summed E-state index contributed by atoms with van der Waals surface area (Å²) in [6.45, 7) is 0.482. The highest BCUT2D eigenvalue weighted by atomic mass is 35.5. The molecule has 0 radical (unpaired) electrons. The Kier molecular flexibility index (Phi) is 4.71. The van der Waals surface area contributed by atoms with E-state index in [1.165, 1.54) is 0 Å². The van der Waals surface area contributed by atoms with Gasteiger partial charge in [-0.05, 0) is 13.0 Å². The average molecular weight is 246 g/mol. The molecule has 0 aromatic heterocycles. The van der Waals surface area contributed by atoms with Gasteiger partial charge in [-0.15, -0.1) is 0 Å². The van der Waals surface area contributed by atoms with Gasteiger partial charge in [0.2, 0.25) is 0 Å². The quantitative estimate of drug-likeness (QED) is 0.861. The zero-order chi connectivity index (χ0) is 12.1. The van der Waals surface area contributed by atoms with Gasteiger partial charge in [-0.2, -0.15) is 0 Å². The van der Waals surface area contributed by atoms with E-state index in [-0.39, 0.29) is 0 Å². The summed E-state index contributed by atoms with van der Waals surface area (Å²) < 4.78 is 15.7. The summed E-state index contributed by atoms with van der Waals surface area (Å²) in [4.78, 5) is 0. The molecule has 0 bridgehead atoms. The Balaban J connectivity index is 3.40. The number of rotatable bonds is 5. The molecule has 0 unspecified atom stereocenters. The number of halogens is 1. The zero-order valence-electron chi connectivity index (χ0n) is 9.67. The zero-order valence-corrected chi connectivity index (χ0v) is 10.4. The van der Waals surface area contributed by atoms with Gasteiger partial charge >= 0.3 is 0 Å². The Morgan fingerprint density at radius 1 is 1.12 bits per heavy atom. The van der Waals surface area contributed by atoms with Gasteiger partial charge in [0.15, 0.2) is 11.5 Å². The molecule has 0 atom stereocenters. The normalized spacial score (nSPS) is 10.1. The summed E-state index contributed by atoms with van der Waals surface area (Å²) >= 11 is 6.08. The first-order chi connectivity index (χ1) is 7.69. The summed E-state index contributed by atoms with van der Waals surface area (Å²) in [6, 6.07) is 1.67. The number of nitrogens with two attached hydrogens (primary N) is 1. The van der Waals surface area contributed by atoms with Gasteiger partial charge in [-0.25, -0.2) is 0 Å². The van der Waals surface area contributed by atoms with Gasteiger partial charge in [0.25, 0.3) is 0 Å². The second-order valence-electron chi connectivity index (χ2n) is 3.14. The van der Waals surface area contributed by atoms with Crippen LogP contribution >= 0.6 is 11.6 Å². The van der Waals surface area contributed by atoms with Crippen molar-refractivity contribution < 1.29 is 14.2 Å². The minimum Gasteiger partial charge on any atom is -0.495 e. The highest BCUT2D eigenvalue weighted by Gasteiger charge is 2.18. The van der Waals surface area contributed by atoms with Crippen molar-refractivity contribution in [2.24, 2.45) is 5.73 Å². The third kappa shape index (κ3) is 2.33. The van der Waals surface area contributed by atoms with Gasteiger partial charge in [0.05, 0.1) is 26.4 Å². The van der Waals surface area contributed by atoms with E-state index in [0.717, 1.165) is 5.56 Å². The first-order valence-corrected chi connectivity index (χ1v) is 5.24. The van der Waals surface area contributed by atoms with Crippen LogP contribution in [-0.2, 0) is 6.42 Å². The van der Waals surface area contributed by atoms with E-state index in [2.05, 4.69) is 0 Å². The molecule has 1 aromatic rings. The Hall–Kier alpha value is -1.13. The second-order valence-corrected chi connectivity index (χ2v) is 3.55. The number of hydrogen-bond donors (Lipinski definition) is 1. The van der Waals surface area contributed by atoms with Gasteiger partial charge in [-0.3, -0.25) is 0 Å². The van der Waals surface area contributed by atoms with Gasteiger partial charge < -0.3 is 19.9 Å². The van der Waals surface area contributed by atoms with Crippen molar-refractivity contribution in [1.29, 1.82) is 0 Å². The van der Waals surface area contributed by atoms with Crippen LogP contribution in [0.5, 0.6) is 17.2 Å². The highest BCUT2D eigenvalue weighted by Crippen LogP contribution is 2.42. The SMILES string of the molecule is COc1cc(Cl)c(OC)c(CCN)c1OC. The van der Waals surface area contributed by atoms with E-state index in [4.69, 9.17) is 31.5 Å². The van der Waals surface area contributed by atoms with Crippen molar-refractivity contribution in [3.63, 3.8) is 0 Å². The fourth-order valence-corrected chi connectivity index (χ4v) is 1.90. The standard InChI is InChI=1S/C11H16ClNO3/c1-14-9-6-8(12)10(15-2)7(4-5-13)11(9)16-3/h6H,4-5,13H2,1-3H3. The molecule has 0 heterocycles. The molecular formula is C11H16ClNO3. The van der Waals surface area contributed by atoms with Crippen LogP contribution in [0.4, 0.5) is 0 Å². The van der Waals surface area contributed by atoms with Crippen LogP contribution in [0.3, 0.4) is 0 Å². The van der Waals surface area contributed by atoms with Crippen molar-refractivity contribution in [3.8, 4) is 17.2 Å². The molecule has 1 rings (SSSR count). The van der Waals surface area contributed by atoms with Crippen LogP contribution in [0.2, 0.25) is 5.02 Å². The second kappa shape index (κ2) is 5.82. The van der Waals surface area contributed by atoms with Gasteiger partial charge in [0.1, 0.15) is 5.75 Å². The van der Waals surface area contributed by atoms with E-state index >= 15 is 0 Å². The molecule has 4 nitrogen and oxygen atoms in total. The first-order valence-electron chi connectivity index (χ1n) is 4.87. The van der Waals surface area contributed by atoms with E-state index in [0.29, 0.717) is 35.2 Å². The molecule has 5 heteroatoms. The lowest BCUT2D eigenvalue weighted by molar-refractivity contribution is 0.344.